The summed E-state index contributed by atoms with van der Waals surface area (Å²) >= 11 is 0. The molecule has 0 aliphatic heterocycles. The van der Waals surface area contributed by atoms with Gasteiger partial charge in [-0.1, -0.05) is 30.3 Å². The van der Waals surface area contributed by atoms with Gasteiger partial charge in [0.05, 0.1) is 11.9 Å². The second-order valence-electron chi connectivity index (χ2n) is 6.92. The summed E-state index contributed by atoms with van der Waals surface area (Å²) < 4.78 is 0. The van der Waals surface area contributed by atoms with Crippen LogP contribution in [0.5, 0.6) is 0 Å². The first kappa shape index (κ1) is 21.9. The fourth-order valence-electron chi connectivity index (χ4n) is 2.97. The standard InChI is InChI=1S/C23H27N7O/c1-2-25-15-18(14-24)20-16-27-19-11-12-21(29-22(19)28-20)30-23(31)26-13-7-6-10-17-8-4-3-5-9-17/h3-5,8-9,11-12,14-16,24-25H,2,6-7,10,13H2,1H3,(H2,26,28,29,30,31)/b18-15+,24-14?. The van der Waals surface area contributed by atoms with Crippen molar-refractivity contribution in [3.05, 3.63) is 66.1 Å². The van der Waals surface area contributed by atoms with Gasteiger partial charge in [-0.2, -0.15) is 0 Å². The lowest BCUT2D eigenvalue weighted by Crippen LogP contribution is -2.29. The van der Waals surface area contributed by atoms with E-state index in [1.54, 1.807) is 24.5 Å². The minimum atomic E-state index is -0.303. The average Bonchev–Trinajstić information content (AvgIpc) is 2.80. The Kier molecular flexibility index (Phi) is 8.05. The zero-order valence-electron chi connectivity index (χ0n) is 17.6. The molecule has 31 heavy (non-hydrogen) atoms. The molecule has 0 bridgehead atoms. The third-order valence-corrected chi connectivity index (χ3v) is 4.58. The highest BCUT2D eigenvalue weighted by atomic mass is 16.2. The van der Waals surface area contributed by atoms with Crippen molar-refractivity contribution >= 4 is 34.8 Å². The number of aromatic nitrogens is 3. The van der Waals surface area contributed by atoms with E-state index in [2.05, 4.69) is 43.0 Å². The van der Waals surface area contributed by atoms with Crippen LogP contribution in [0.1, 0.15) is 31.0 Å². The number of pyridine rings is 1. The quantitative estimate of drug-likeness (QED) is 0.296. The van der Waals surface area contributed by atoms with Gasteiger partial charge < -0.3 is 16.0 Å². The molecule has 4 N–H and O–H groups in total. The molecule has 8 heteroatoms. The van der Waals surface area contributed by atoms with Crippen LogP contribution < -0.4 is 16.0 Å². The largest absolute Gasteiger partial charge is 0.391 e. The Labute approximate surface area is 181 Å². The molecule has 0 unspecified atom stereocenters. The number of hydrogen-bond acceptors (Lipinski definition) is 6. The van der Waals surface area contributed by atoms with Crippen LogP contribution in [-0.2, 0) is 6.42 Å². The van der Waals surface area contributed by atoms with E-state index in [1.807, 2.05) is 25.1 Å². The molecule has 0 atom stereocenters. The summed E-state index contributed by atoms with van der Waals surface area (Å²) in [6, 6.07) is 13.5. The maximum absolute atomic E-state index is 12.2. The second-order valence-corrected chi connectivity index (χ2v) is 6.92. The SMILES string of the molecule is CCN/C=C(\C=N)c1cnc2ccc(NC(=O)NCCCCc3ccccc3)nc2n1. The maximum atomic E-state index is 12.2. The number of amides is 2. The van der Waals surface area contributed by atoms with Crippen LogP contribution in [0.15, 0.2) is 54.9 Å². The Morgan fingerprint density at radius 3 is 2.71 bits per heavy atom. The van der Waals surface area contributed by atoms with Crippen molar-refractivity contribution in [3.8, 4) is 0 Å². The molecular weight excluding hydrogens is 390 g/mol. The average molecular weight is 418 g/mol. The van der Waals surface area contributed by atoms with Gasteiger partial charge in [0.2, 0.25) is 0 Å². The first-order valence-corrected chi connectivity index (χ1v) is 10.4. The van der Waals surface area contributed by atoms with Crippen LogP contribution in [0.25, 0.3) is 16.7 Å². The van der Waals surface area contributed by atoms with Gasteiger partial charge in [-0.3, -0.25) is 10.3 Å². The van der Waals surface area contributed by atoms with E-state index in [9.17, 15) is 4.79 Å². The Balaban J connectivity index is 1.54. The van der Waals surface area contributed by atoms with E-state index in [0.717, 1.165) is 25.8 Å². The highest BCUT2D eigenvalue weighted by Gasteiger charge is 2.08. The third kappa shape index (κ3) is 6.60. The summed E-state index contributed by atoms with van der Waals surface area (Å²) in [4.78, 5) is 25.4. The number of unbranched alkanes of at least 4 members (excludes halogenated alkanes) is 1. The van der Waals surface area contributed by atoms with Crippen LogP contribution in [0.4, 0.5) is 10.6 Å². The number of allylic oxidation sites excluding steroid dienone is 1. The van der Waals surface area contributed by atoms with Crippen molar-refractivity contribution in [1.29, 1.82) is 5.41 Å². The van der Waals surface area contributed by atoms with E-state index < -0.39 is 0 Å². The fraction of sp³-hybridized carbons (Fsp3) is 0.261. The number of benzene rings is 1. The second kappa shape index (κ2) is 11.4. The maximum Gasteiger partial charge on any atom is 0.320 e. The molecule has 3 aromatic rings. The Bertz CT molecular complexity index is 1050. The van der Waals surface area contributed by atoms with Crippen LogP contribution in [0.2, 0.25) is 0 Å². The van der Waals surface area contributed by atoms with Crippen molar-refractivity contribution in [2.45, 2.75) is 26.2 Å². The van der Waals surface area contributed by atoms with Crippen molar-refractivity contribution in [3.63, 3.8) is 0 Å². The van der Waals surface area contributed by atoms with Gasteiger partial charge in [-0.25, -0.2) is 14.8 Å². The summed E-state index contributed by atoms with van der Waals surface area (Å²) in [5.41, 5.74) is 3.46. The van der Waals surface area contributed by atoms with Gasteiger partial charge in [-0.15, -0.1) is 0 Å². The Morgan fingerprint density at radius 2 is 1.94 bits per heavy atom. The zero-order valence-corrected chi connectivity index (χ0v) is 17.6. The molecule has 2 aromatic heterocycles. The van der Waals surface area contributed by atoms with Crippen molar-refractivity contribution in [2.75, 3.05) is 18.4 Å². The molecule has 0 fully saturated rings. The summed E-state index contributed by atoms with van der Waals surface area (Å²) in [7, 11) is 0. The molecule has 8 nitrogen and oxygen atoms in total. The van der Waals surface area contributed by atoms with Crippen LogP contribution in [0.3, 0.4) is 0 Å². The molecule has 0 aliphatic carbocycles. The molecule has 0 aliphatic rings. The van der Waals surface area contributed by atoms with Crippen molar-refractivity contribution in [2.24, 2.45) is 0 Å². The minimum absolute atomic E-state index is 0.303. The van der Waals surface area contributed by atoms with Crippen LogP contribution >= 0.6 is 0 Å². The predicted molar refractivity (Wildman–Crippen MR) is 124 cm³/mol. The number of fused-ring (bicyclic) bond motifs is 1. The number of anilines is 1. The number of hydrogen-bond donors (Lipinski definition) is 4. The van der Waals surface area contributed by atoms with Crippen molar-refractivity contribution in [1.82, 2.24) is 25.6 Å². The molecule has 0 saturated carbocycles. The monoisotopic (exact) mass is 417 g/mol. The summed E-state index contributed by atoms with van der Waals surface area (Å²) in [5, 5.41) is 16.2. The number of aryl methyl sites for hydroxylation is 1. The number of urea groups is 1. The molecule has 3 rings (SSSR count). The number of carbonyl (C=O) groups is 1. The normalized spacial score (nSPS) is 11.2. The van der Waals surface area contributed by atoms with Crippen LogP contribution in [0, 0.1) is 5.41 Å². The van der Waals surface area contributed by atoms with E-state index in [1.165, 1.54) is 11.8 Å². The van der Waals surface area contributed by atoms with E-state index >= 15 is 0 Å². The Hall–Kier alpha value is -3.81. The molecule has 160 valence electrons. The molecular formula is C23H27N7O. The smallest absolute Gasteiger partial charge is 0.320 e. The highest BCUT2D eigenvalue weighted by Crippen LogP contribution is 2.15. The summed E-state index contributed by atoms with van der Waals surface area (Å²) in [6.07, 6.45) is 7.44. The number of rotatable bonds is 10. The van der Waals surface area contributed by atoms with Gasteiger partial charge in [0.1, 0.15) is 11.3 Å². The van der Waals surface area contributed by atoms with Gasteiger partial charge in [-0.05, 0) is 43.9 Å². The summed E-state index contributed by atoms with van der Waals surface area (Å²) in [5.74, 6) is 0.396. The fourth-order valence-corrected chi connectivity index (χ4v) is 2.97. The van der Waals surface area contributed by atoms with E-state index in [0.29, 0.717) is 34.8 Å². The highest BCUT2D eigenvalue weighted by molar-refractivity contribution is 6.07. The Morgan fingerprint density at radius 1 is 1.10 bits per heavy atom. The molecule has 0 spiro atoms. The molecule has 2 heterocycles. The predicted octanol–water partition coefficient (Wildman–Crippen LogP) is 3.77. The van der Waals surface area contributed by atoms with Gasteiger partial charge in [0.25, 0.3) is 0 Å². The lowest BCUT2D eigenvalue weighted by Gasteiger charge is -2.08. The molecule has 2 amide bonds. The first-order chi connectivity index (χ1) is 15.2. The van der Waals surface area contributed by atoms with Crippen LogP contribution in [-0.4, -0.2) is 40.3 Å². The number of nitrogens with zero attached hydrogens (tertiary/aromatic N) is 3. The van der Waals surface area contributed by atoms with Gasteiger partial charge in [0, 0.05) is 31.1 Å². The van der Waals surface area contributed by atoms with Crippen molar-refractivity contribution < 1.29 is 4.79 Å². The summed E-state index contributed by atoms with van der Waals surface area (Å²) in [6.45, 7) is 3.30. The lowest BCUT2D eigenvalue weighted by atomic mass is 10.1. The first-order valence-electron chi connectivity index (χ1n) is 10.4. The lowest BCUT2D eigenvalue weighted by molar-refractivity contribution is 0.252. The van der Waals surface area contributed by atoms with Gasteiger partial charge >= 0.3 is 6.03 Å². The van der Waals surface area contributed by atoms with E-state index in [-0.39, 0.29) is 6.03 Å². The zero-order chi connectivity index (χ0) is 21.9. The molecule has 1 aromatic carbocycles. The topological polar surface area (TPSA) is 116 Å². The number of carbonyl (C=O) groups excluding carboxylic acids is 1. The number of nitrogens with one attached hydrogen (secondary N) is 4. The van der Waals surface area contributed by atoms with E-state index in [4.69, 9.17) is 5.41 Å². The third-order valence-electron chi connectivity index (χ3n) is 4.58. The molecule has 0 saturated heterocycles. The molecule has 0 radical (unpaired) electrons. The minimum Gasteiger partial charge on any atom is -0.391 e. The van der Waals surface area contributed by atoms with Gasteiger partial charge in [0.15, 0.2) is 5.65 Å².